The highest BCUT2D eigenvalue weighted by atomic mass is 32.1. The summed E-state index contributed by atoms with van der Waals surface area (Å²) in [4.78, 5) is 18.8. The summed E-state index contributed by atoms with van der Waals surface area (Å²) in [7, 11) is 1.71. The standard InChI is InChI=1S/C28H37N3O2S2/c1-20-18-35-22(3)27(20)28(32)29-13-9-21(2)30-14-10-25(11-15-30)31(17-23-12-16-34-19-23)24-5-7-26(33-4)8-6-24/h5-8,12,16,18-19,21,25H,9-11,13-15,17H2,1-4H3,(H,29,32). The number of nitrogens with one attached hydrogen (secondary N) is 1. The van der Waals surface area contributed by atoms with E-state index in [0.717, 1.165) is 60.7 Å². The average molecular weight is 512 g/mol. The van der Waals surface area contributed by atoms with Crippen molar-refractivity contribution in [3.8, 4) is 5.75 Å². The number of anilines is 1. The number of likely N-dealkylation sites (tertiary alicyclic amines) is 1. The summed E-state index contributed by atoms with van der Waals surface area (Å²) in [5, 5.41) is 9.61. The molecule has 7 heteroatoms. The number of methoxy groups -OCH3 is 1. The Labute approximate surface area is 217 Å². The molecule has 1 aliphatic heterocycles. The van der Waals surface area contributed by atoms with E-state index < -0.39 is 0 Å². The summed E-state index contributed by atoms with van der Waals surface area (Å²) >= 11 is 3.41. The molecule has 4 rings (SSSR count). The van der Waals surface area contributed by atoms with Gasteiger partial charge in [0.15, 0.2) is 0 Å². The number of amides is 1. The van der Waals surface area contributed by atoms with Crippen LogP contribution in [0, 0.1) is 13.8 Å². The molecule has 1 atom stereocenters. The van der Waals surface area contributed by atoms with E-state index in [9.17, 15) is 4.79 Å². The van der Waals surface area contributed by atoms with Crippen LogP contribution < -0.4 is 15.0 Å². The normalized spacial score (nSPS) is 15.7. The van der Waals surface area contributed by atoms with Gasteiger partial charge in [0.05, 0.1) is 12.7 Å². The van der Waals surface area contributed by atoms with Gasteiger partial charge in [-0.3, -0.25) is 4.79 Å². The van der Waals surface area contributed by atoms with E-state index in [4.69, 9.17) is 4.74 Å². The van der Waals surface area contributed by atoms with Crippen molar-refractivity contribution in [2.45, 2.75) is 58.7 Å². The number of benzene rings is 1. The average Bonchev–Trinajstić information content (AvgIpc) is 3.51. The Morgan fingerprint density at radius 1 is 1.17 bits per heavy atom. The number of nitrogens with zero attached hydrogens (tertiary/aromatic N) is 2. The fourth-order valence-electron chi connectivity index (χ4n) is 5.00. The van der Waals surface area contributed by atoms with Crippen LogP contribution in [0.2, 0.25) is 0 Å². The van der Waals surface area contributed by atoms with Gasteiger partial charge in [-0.2, -0.15) is 11.3 Å². The van der Waals surface area contributed by atoms with Crippen molar-refractivity contribution in [1.82, 2.24) is 10.2 Å². The van der Waals surface area contributed by atoms with Crippen LogP contribution in [0.5, 0.6) is 5.75 Å². The smallest absolute Gasteiger partial charge is 0.252 e. The molecular formula is C28H37N3O2S2. The zero-order valence-electron chi connectivity index (χ0n) is 21.3. The van der Waals surface area contributed by atoms with Gasteiger partial charge in [-0.1, -0.05) is 0 Å². The van der Waals surface area contributed by atoms with E-state index in [-0.39, 0.29) is 5.91 Å². The molecule has 1 N–H and O–H groups in total. The zero-order valence-corrected chi connectivity index (χ0v) is 22.9. The number of thiophene rings is 2. The highest BCUT2D eigenvalue weighted by molar-refractivity contribution is 7.10. The van der Waals surface area contributed by atoms with Gasteiger partial charge in [-0.05, 0) is 97.6 Å². The number of carbonyl (C=O) groups excluding carboxylic acids is 1. The van der Waals surface area contributed by atoms with Crippen LogP contribution in [-0.4, -0.2) is 49.6 Å². The number of aryl methyl sites for hydroxylation is 2. The van der Waals surface area contributed by atoms with Crippen molar-refractivity contribution in [2.75, 3.05) is 31.6 Å². The van der Waals surface area contributed by atoms with Crippen LogP contribution >= 0.6 is 22.7 Å². The van der Waals surface area contributed by atoms with Gasteiger partial charge in [0.2, 0.25) is 0 Å². The maximum atomic E-state index is 12.6. The van der Waals surface area contributed by atoms with E-state index in [1.807, 2.05) is 13.8 Å². The van der Waals surface area contributed by atoms with E-state index >= 15 is 0 Å². The first-order valence-electron chi connectivity index (χ1n) is 12.4. The summed E-state index contributed by atoms with van der Waals surface area (Å²) in [6.07, 6.45) is 3.25. The maximum absolute atomic E-state index is 12.6. The van der Waals surface area contributed by atoms with Gasteiger partial charge in [0.1, 0.15) is 5.75 Å². The quantitative estimate of drug-likeness (QED) is 0.356. The van der Waals surface area contributed by atoms with Crippen molar-refractivity contribution >= 4 is 34.3 Å². The van der Waals surface area contributed by atoms with Crippen molar-refractivity contribution in [3.05, 3.63) is 68.0 Å². The molecular weight excluding hydrogens is 474 g/mol. The fourth-order valence-corrected chi connectivity index (χ4v) is 6.50. The minimum atomic E-state index is 0.0655. The second-order valence-electron chi connectivity index (χ2n) is 9.47. The summed E-state index contributed by atoms with van der Waals surface area (Å²) in [5.74, 6) is 0.958. The number of piperidine rings is 1. The second-order valence-corrected chi connectivity index (χ2v) is 11.3. The lowest BCUT2D eigenvalue weighted by molar-refractivity contribution is 0.0944. The Hall–Kier alpha value is -2.35. The molecule has 1 saturated heterocycles. The zero-order chi connectivity index (χ0) is 24.8. The predicted octanol–water partition coefficient (Wildman–Crippen LogP) is 6.11. The highest BCUT2D eigenvalue weighted by Crippen LogP contribution is 2.29. The fraction of sp³-hybridized carbons (Fsp3) is 0.464. The molecule has 3 heterocycles. The molecule has 1 unspecified atom stereocenters. The molecule has 1 aliphatic rings. The lowest BCUT2D eigenvalue weighted by Crippen LogP contribution is -2.48. The van der Waals surface area contributed by atoms with Gasteiger partial charge in [0.25, 0.3) is 5.91 Å². The van der Waals surface area contributed by atoms with Crippen LogP contribution in [0.4, 0.5) is 5.69 Å². The number of rotatable bonds is 10. The summed E-state index contributed by atoms with van der Waals surface area (Å²) < 4.78 is 5.37. The van der Waals surface area contributed by atoms with Crippen molar-refractivity contribution in [3.63, 3.8) is 0 Å². The summed E-state index contributed by atoms with van der Waals surface area (Å²) in [5.41, 5.74) is 4.55. The Morgan fingerprint density at radius 2 is 1.91 bits per heavy atom. The molecule has 1 amide bonds. The highest BCUT2D eigenvalue weighted by Gasteiger charge is 2.27. The first-order chi connectivity index (χ1) is 17.0. The van der Waals surface area contributed by atoms with E-state index in [1.54, 1.807) is 29.8 Å². The minimum Gasteiger partial charge on any atom is -0.497 e. The molecule has 0 radical (unpaired) electrons. The molecule has 0 aliphatic carbocycles. The number of ether oxygens (including phenoxy) is 1. The van der Waals surface area contributed by atoms with Crippen molar-refractivity contribution in [1.29, 1.82) is 0 Å². The van der Waals surface area contributed by atoms with Crippen LogP contribution in [0.3, 0.4) is 0 Å². The molecule has 188 valence electrons. The van der Waals surface area contributed by atoms with Crippen LogP contribution in [0.1, 0.15) is 52.5 Å². The van der Waals surface area contributed by atoms with Gasteiger partial charge in [0, 0.05) is 48.8 Å². The number of carbonyl (C=O) groups is 1. The van der Waals surface area contributed by atoms with Gasteiger partial charge in [-0.15, -0.1) is 11.3 Å². The molecule has 2 aromatic heterocycles. The van der Waals surface area contributed by atoms with Crippen molar-refractivity contribution in [2.24, 2.45) is 0 Å². The Morgan fingerprint density at radius 3 is 2.51 bits per heavy atom. The first kappa shape index (κ1) is 25.7. The van der Waals surface area contributed by atoms with Gasteiger partial charge in [-0.25, -0.2) is 0 Å². The number of hydrogen-bond donors (Lipinski definition) is 1. The third-order valence-corrected chi connectivity index (χ3v) is 8.90. The largest absolute Gasteiger partial charge is 0.497 e. The van der Waals surface area contributed by atoms with Crippen LogP contribution in [0.25, 0.3) is 0 Å². The third kappa shape index (κ3) is 6.46. The predicted molar refractivity (Wildman–Crippen MR) is 148 cm³/mol. The molecule has 1 aromatic carbocycles. The second kappa shape index (κ2) is 12.1. The van der Waals surface area contributed by atoms with Crippen LogP contribution in [0.15, 0.2) is 46.5 Å². The first-order valence-corrected chi connectivity index (χ1v) is 14.3. The van der Waals surface area contributed by atoms with E-state index in [1.165, 1.54) is 11.3 Å². The monoisotopic (exact) mass is 511 g/mol. The van der Waals surface area contributed by atoms with E-state index in [0.29, 0.717) is 18.6 Å². The molecule has 5 nitrogen and oxygen atoms in total. The van der Waals surface area contributed by atoms with Crippen LogP contribution in [-0.2, 0) is 6.54 Å². The minimum absolute atomic E-state index is 0.0655. The Kier molecular flexibility index (Phi) is 8.87. The lowest BCUT2D eigenvalue weighted by atomic mass is 9.99. The molecule has 0 saturated carbocycles. The topological polar surface area (TPSA) is 44.8 Å². The molecule has 3 aromatic rings. The molecule has 0 spiro atoms. The van der Waals surface area contributed by atoms with Gasteiger partial charge < -0.3 is 19.9 Å². The maximum Gasteiger partial charge on any atom is 0.252 e. The van der Waals surface area contributed by atoms with Gasteiger partial charge >= 0.3 is 0 Å². The third-order valence-electron chi connectivity index (χ3n) is 7.13. The SMILES string of the molecule is COc1ccc(N(Cc2ccsc2)C2CCN(C(C)CCNC(=O)c3c(C)csc3C)CC2)cc1. The molecule has 1 fully saturated rings. The number of hydrogen-bond acceptors (Lipinski definition) is 6. The van der Waals surface area contributed by atoms with E-state index in [2.05, 4.69) is 68.5 Å². The molecule has 0 bridgehead atoms. The Bertz CT molecular complexity index is 1050. The Balaban J connectivity index is 1.30. The summed E-state index contributed by atoms with van der Waals surface area (Å²) in [6.45, 7) is 10.1. The lowest BCUT2D eigenvalue weighted by Gasteiger charge is -2.42. The van der Waals surface area contributed by atoms with Crippen molar-refractivity contribution < 1.29 is 9.53 Å². The molecule has 35 heavy (non-hydrogen) atoms. The summed E-state index contributed by atoms with van der Waals surface area (Å²) in [6, 6.07) is 11.7.